The van der Waals surface area contributed by atoms with Gasteiger partial charge in [-0.05, 0) is 18.9 Å². The predicted molar refractivity (Wildman–Crippen MR) is 106 cm³/mol. The third-order valence-corrected chi connectivity index (χ3v) is 7.16. The van der Waals surface area contributed by atoms with Crippen molar-refractivity contribution in [1.29, 1.82) is 0 Å². The molecule has 2 aliphatic heterocycles. The number of amides is 1. The molecule has 1 saturated carbocycles. The number of carbonyl (C=O) groups excluding carboxylic acids is 1. The Hall–Kier alpha value is -1.93. The Bertz CT molecular complexity index is 930. The summed E-state index contributed by atoms with van der Waals surface area (Å²) >= 11 is 1.70. The molecule has 0 radical (unpaired) electrons. The second-order valence-corrected chi connectivity index (χ2v) is 8.91. The fourth-order valence-corrected chi connectivity index (χ4v) is 5.52. The predicted octanol–water partition coefficient (Wildman–Crippen LogP) is 4.38. The zero-order chi connectivity index (χ0) is 20.0. The SMILES string of the molecule is O=C(c1nn(C2CCC(F)(F)CC2)c2c1CSc1ccccc1-2)N1CCOCC1. The van der Waals surface area contributed by atoms with Gasteiger partial charge in [0.15, 0.2) is 5.69 Å². The van der Waals surface area contributed by atoms with Gasteiger partial charge in [0.1, 0.15) is 0 Å². The molecule has 5 rings (SSSR count). The summed E-state index contributed by atoms with van der Waals surface area (Å²) in [6.07, 6.45) is 0.494. The first-order chi connectivity index (χ1) is 14.0. The Kier molecular flexibility index (Phi) is 4.86. The number of ether oxygens (including phenoxy) is 1. The minimum atomic E-state index is -2.59. The van der Waals surface area contributed by atoms with Crippen LogP contribution < -0.4 is 0 Å². The molecule has 29 heavy (non-hydrogen) atoms. The number of fused-ring (bicyclic) bond motifs is 3. The Morgan fingerprint density at radius 2 is 1.90 bits per heavy atom. The molecule has 1 amide bonds. The molecule has 3 heterocycles. The lowest BCUT2D eigenvalue weighted by molar-refractivity contribution is -0.0448. The summed E-state index contributed by atoms with van der Waals surface area (Å²) < 4.78 is 34.7. The number of benzene rings is 1. The van der Waals surface area contributed by atoms with Gasteiger partial charge in [0, 0.05) is 47.7 Å². The zero-order valence-electron chi connectivity index (χ0n) is 16.1. The van der Waals surface area contributed by atoms with Gasteiger partial charge in [0.05, 0.1) is 24.9 Å². The lowest BCUT2D eigenvalue weighted by Gasteiger charge is -2.30. The normalized spacial score (nSPS) is 21.5. The van der Waals surface area contributed by atoms with Crippen LogP contribution in [0.2, 0.25) is 0 Å². The van der Waals surface area contributed by atoms with E-state index in [1.165, 1.54) is 0 Å². The maximum absolute atomic E-state index is 13.7. The summed E-state index contributed by atoms with van der Waals surface area (Å²) in [6, 6.07) is 7.98. The molecule has 1 aromatic heterocycles. The van der Waals surface area contributed by atoms with Crippen molar-refractivity contribution in [1.82, 2.24) is 14.7 Å². The minimum absolute atomic E-state index is 0.0792. The first-order valence-corrected chi connectivity index (χ1v) is 11.1. The number of morpholine rings is 1. The molecule has 1 aliphatic carbocycles. The van der Waals surface area contributed by atoms with Gasteiger partial charge in [-0.1, -0.05) is 18.2 Å². The molecule has 0 unspecified atom stereocenters. The van der Waals surface area contributed by atoms with Crippen molar-refractivity contribution in [2.24, 2.45) is 0 Å². The van der Waals surface area contributed by atoms with Gasteiger partial charge in [0.25, 0.3) is 5.91 Å². The third kappa shape index (κ3) is 3.46. The molecular weight excluding hydrogens is 396 g/mol. The number of hydrogen-bond acceptors (Lipinski definition) is 4. The van der Waals surface area contributed by atoms with E-state index in [2.05, 4.69) is 6.07 Å². The Balaban J connectivity index is 1.58. The maximum atomic E-state index is 13.7. The molecule has 0 bridgehead atoms. The highest BCUT2D eigenvalue weighted by Gasteiger charge is 2.39. The summed E-state index contributed by atoms with van der Waals surface area (Å²) in [7, 11) is 0. The average Bonchev–Trinajstić information content (AvgIpc) is 3.14. The van der Waals surface area contributed by atoms with E-state index in [-0.39, 0.29) is 24.8 Å². The van der Waals surface area contributed by atoms with Crippen molar-refractivity contribution in [2.75, 3.05) is 26.3 Å². The van der Waals surface area contributed by atoms with Crippen LogP contribution in [0.1, 0.15) is 47.8 Å². The molecule has 1 saturated heterocycles. The summed E-state index contributed by atoms with van der Waals surface area (Å²) in [4.78, 5) is 16.2. The second-order valence-electron chi connectivity index (χ2n) is 7.90. The number of hydrogen-bond donors (Lipinski definition) is 0. The van der Waals surface area contributed by atoms with Gasteiger partial charge in [-0.25, -0.2) is 8.78 Å². The Labute approximate surface area is 172 Å². The molecule has 1 aromatic carbocycles. The van der Waals surface area contributed by atoms with Crippen LogP contribution in [0.4, 0.5) is 8.78 Å². The number of rotatable bonds is 2. The molecule has 0 N–H and O–H groups in total. The zero-order valence-corrected chi connectivity index (χ0v) is 16.9. The van der Waals surface area contributed by atoms with Crippen LogP contribution in [-0.2, 0) is 10.5 Å². The van der Waals surface area contributed by atoms with Crippen LogP contribution >= 0.6 is 11.8 Å². The monoisotopic (exact) mass is 419 g/mol. The van der Waals surface area contributed by atoms with E-state index in [1.54, 1.807) is 16.7 Å². The highest BCUT2D eigenvalue weighted by atomic mass is 32.2. The quantitative estimate of drug-likeness (QED) is 0.725. The highest BCUT2D eigenvalue weighted by molar-refractivity contribution is 7.98. The third-order valence-electron chi connectivity index (χ3n) is 6.06. The van der Waals surface area contributed by atoms with E-state index >= 15 is 0 Å². The van der Waals surface area contributed by atoms with Crippen molar-refractivity contribution in [3.05, 3.63) is 35.5 Å². The van der Waals surface area contributed by atoms with Crippen molar-refractivity contribution < 1.29 is 18.3 Å². The van der Waals surface area contributed by atoms with Crippen molar-refractivity contribution in [3.8, 4) is 11.3 Å². The van der Waals surface area contributed by atoms with E-state index < -0.39 is 5.92 Å². The van der Waals surface area contributed by atoms with Crippen molar-refractivity contribution in [2.45, 2.75) is 48.3 Å². The lowest BCUT2D eigenvalue weighted by atomic mass is 9.92. The van der Waals surface area contributed by atoms with Crippen molar-refractivity contribution in [3.63, 3.8) is 0 Å². The molecule has 154 valence electrons. The van der Waals surface area contributed by atoms with Gasteiger partial charge in [-0.3, -0.25) is 9.48 Å². The fraction of sp³-hybridized carbons (Fsp3) is 0.524. The summed E-state index contributed by atoms with van der Waals surface area (Å²) in [5, 5.41) is 4.76. The minimum Gasteiger partial charge on any atom is -0.378 e. The van der Waals surface area contributed by atoms with Crippen LogP contribution in [0.15, 0.2) is 29.2 Å². The molecule has 2 fully saturated rings. The van der Waals surface area contributed by atoms with E-state index in [0.717, 1.165) is 21.7 Å². The molecule has 8 heteroatoms. The van der Waals surface area contributed by atoms with Gasteiger partial charge in [-0.15, -0.1) is 11.8 Å². The number of nitrogens with zero attached hydrogens (tertiary/aromatic N) is 3. The summed E-state index contributed by atoms with van der Waals surface area (Å²) in [5.74, 6) is -2.01. The van der Waals surface area contributed by atoms with Gasteiger partial charge in [0.2, 0.25) is 5.92 Å². The van der Waals surface area contributed by atoms with Gasteiger partial charge < -0.3 is 9.64 Å². The van der Waals surface area contributed by atoms with Gasteiger partial charge in [-0.2, -0.15) is 5.10 Å². The standard InChI is InChI=1S/C21H23F2N3O2S/c22-21(23)7-5-14(6-8-21)26-19-15-3-1-2-4-17(15)29-13-16(19)18(24-26)20(27)25-9-11-28-12-10-25/h1-4,14H,5-13H2. The van der Waals surface area contributed by atoms with Crippen LogP contribution in [0, 0.1) is 0 Å². The average molecular weight is 419 g/mol. The van der Waals surface area contributed by atoms with E-state index in [1.807, 2.05) is 22.9 Å². The molecule has 2 aromatic rings. The van der Waals surface area contributed by atoms with E-state index in [0.29, 0.717) is 50.6 Å². The van der Waals surface area contributed by atoms with Crippen LogP contribution in [-0.4, -0.2) is 52.8 Å². The van der Waals surface area contributed by atoms with Crippen LogP contribution in [0.3, 0.4) is 0 Å². The Morgan fingerprint density at radius 1 is 1.17 bits per heavy atom. The van der Waals surface area contributed by atoms with Crippen LogP contribution in [0.5, 0.6) is 0 Å². The smallest absolute Gasteiger partial charge is 0.274 e. The first kappa shape index (κ1) is 19.1. The number of alkyl halides is 2. The van der Waals surface area contributed by atoms with E-state index in [4.69, 9.17) is 9.84 Å². The van der Waals surface area contributed by atoms with E-state index in [9.17, 15) is 13.6 Å². The van der Waals surface area contributed by atoms with Crippen molar-refractivity contribution >= 4 is 17.7 Å². The maximum Gasteiger partial charge on any atom is 0.274 e. The summed E-state index contributed by atoms with van der Waals surface area (Å²) in [5.41, 5.74) is 3.39. The molecular formula is C21H23F2N3O2S. The topological polar surface area (TPSA) is 47.4 Å². The summed E-state index contributed by atoms with van der Waals surface area (Å²) in [6.45, 7) is 2.17. The van der Waals surface area contributed by atoms with Gasteiger partial charge >= 0.3 is 0 Å². The number of carbonyl (C=O) groups is 1. The molecule has 5 nitrogen and oxygen atoms in total. The lowest BCUT2D eigenvalue weighted by Crippen LogP contribution is -2.41. The second kappa shape index (κ2) is 7.40. The Morgan fingerprint density at radius 3 is 2.66 bits per heavy atom. The fourth-order valence-electron chi connectivity index (χ4n) is 4.45. The first-order valence-electron chi connectivity index (χ1n) is 10.1. The number of aromatic nitrogens is 2. The molecule has 0 atom stereocenters. The largest absolute Gasteiger partial charge is 0.378 e. The number of thioether (sulfide) groups is 1. The molecule has 0 spiro atoms. The molecule has 3 aliphatic rings. The highest BCUT2D eigenvalue weighted by Crippen LogP contribution is 2.46. The number of halogens is 2. The van der Waals surface area contributed by atoms with Crippen LogP contribution in [0.25, 0.3) is 11.3 Å².